The van der Waals surface area contributed by atoms with E-state index >= 15 is 0 Å². The summed E-state index contributed by atoms with van der Waals surface area (Å²) in [7, 11) is 5.71. The monoisotopic (exact) mass is 474 g/mol. The number of guanidine groups is 1. The van der Waals surface area contributed by atoms with E-state index in [-0.39, 0.29) is 35.8 Å². The van der Waals surface area contributed by atoms with E-state index in [1.54, 1.807) is 25.4 Å². The fourth-order valence-electron chi connectivity index (χ4n) is 2.61. The van der Waals surface area contributed by atoms with Crippen LogP contribution in [0.3, 0.4) is 0 Å². The van der Waals surface area contributed by atoms with Gasteiger partial charge in [-0.05, 0) is 44.3 Å². The van der Waals surface area contributed by atoms with Gasteiger partial charge in [-0.3, -0.25) is 9.67 Å². The zero-order valence-electron chi connectivity index (χ0n) is 15.5. The Kier molecular flexibility index (Phi) is 10.2. The lowest BCUT2D eigenvalue weighted by atomic mass is 10.1. The average molecular weight is 474 g/mol. The summed E-state index contributed by atoms with van der Waals surface area (Å²) in [6, 6.07) is 8.69. The van der Waals surface area contributed by atoms with Crippen molar-refractivity contribution in [1.29, 1.82) is 0 Å². The van der Waals surface area contributed by atoms with Gasteiger partial charge in [-0.2, -0.15) is 5.10 Å². The lowest BCUT2D eigenvalue weighted by Crippen LogP contribution is -2.42. The van der Waals surface area contributed by atoms with Crippen LogP contribution in [0.1, 0.15) is 18.0 Å². The van der Waals surface area contributed by atoms with Crippen molar-refractivity contribution >= 4 is 29.9 Å². The molecule has 1 unspecified atom stereocenters. The van der Waals surface area contributed by atoms with Crippen LogP contribution in [-0.2, 0) is 6.54 Å². The normalized spacial score (nSPS) is 12.6. The van der Waals surface area contributed by atoms with E-state index in [4.69, 9.17) is 0 Å². The molecule has 1 aromatic carbocycles. The third-order valence-corrected chi connectivity index (χ3v) is 3.96. The van der Waals surface area contributed by atoms with E-state index in [2.05, 4.69) is 25.6 Å². The molecule has 6 nitrogen and oxygen atoms in total. The van der Waals surface area contributed by atoms with Crippen LogP contribution in [0.4, 0.5) is 4.39 Å². The summed E-state index contributed by atoms with van der Waals surface area (Å²) in [5.74, 6) is 0.522. The van der Waals surface area contributed by atoms with Gasteiger partial charge in [0, 0.05) is 39.1 Å². The van der Waals surface area contributed by atoms with Crippen molar-refractivity contribution in [3.8, 4) is 0 Å². The molecule has 144 valence electrons. The van der Waals surface area contributed by atoms with E-state index in [1.807, 2.05) is 37.1 Å². The maximum Gasteiger partial charge on any atom is 0.191 e. The minimum Gasteiger partial charge on any atom is -0.356 e. The Labute approximate surface area is 171 Å². The summed E-state index contributed by atoms with van der Waals surface area (Å²) in [6.45, 7) is 2.29. The van der Waals surface area contributed by atoms with Crippen LogP contribution >= 0.6 is 24.0 Å². The molecule has 2 aromatic rings. The van der Waals surface area contributed by atoms with Crippen molar-refractivity contribution in [2.75, 3.05) is 34.2 Å². The second-order valence-corrected chi connectivity index (χ2v) is 6.04. The first-order valence-corrected chi connectivity index (χ1v) is 8.44. The molecule has 0 saturated carbocycles. The zero-order valence-corrected chi connectivity index (χ0v) is 17.9. The first-order chi connectivity index (χ1) is 12.1. The molecule has 8 heteroatoms. The van der Waals surface area contributed by atoms with Gasteiger partial charge in [0.05, 0.1) is 6.04 Å². The molecular formula is C18H28FIN6. The predicted octanol–water partition coefficient (Wildman–Crippen LogP) is 2.50. The number of aromatic nitrogens is 2. The van der Waals surface area contributed by atoms with Crippen molar-refractivity contribution in [2.45, 2.75) is 19.0 Å². The number of likely N-dealkylation sites (N-methyl/N-ethyl adjacent to an activating group) is 1. The Morgan fingerprint density at radius 1 is 1.31 bits per heavy atom. The number of aryl methyl sites for hydroxylation is 1. The molecule has 2 rings (SSSR count). The molecule has 1 atom stereocenters. The molecule has 0 fully saturated rings. The molecule has 0 amide bonds. The molecule has 0 aliphatic rings. The average Bonchev–Trinajstić information content (AvgIpc) is 3.10. The largest absolute Gasteiger partial charge is 0.356 e. The van der Waals surface area contributed by atoms with E-state index in [1.165, 1.54) is 6.07 Å². The lowest BCUT2D eigenvalue weighted by molar-refractivity contribution is 0.297. The van der Waals surface area contributed by atoms with Crippen LogP contribution in [0.25, 0.3) is 0 Å². The summed E-state index contributed by atoms with van der Waals surface area (Å²) in [4.78, 5) is 6.31. The summed E-state index contributed by atoms with van der Waals surface area (Å²) in [5.41, 5.74) is 0.937. The van der Waals surface area contributed by atoms with Crippen molar-refractivity contribution in [3.63, 3.8) is 0 Å². The fourth-order valence-corrected chi connectivity index (χ4v) is 2.61. The second-order valence-electron chi connectivity index (χ2n) is 6.04. The highest BCUT2D eigenvalue weighted by Gasteiger charge is 2.15. The molecular weight excluding hydrogens is 446 g/mol. The standard InChI is InChI=1S/C18H27FN6.HI/c1-20-18(21-9-5-11-25-12-6-10-23-25)22-14-17(24(2)3)15-7-4-8-16(19)13-15;/h4,6-8,10,12-13,17H,5,9,11,14H2,1-3H3,(H2,20,21,22);1H. The summed E-state index contributed by atoms with van der Waals surface area (Å²) in [5, 5.41) is 10.8. The van der Waals surface area contributed by atoms with Gasteiger partial charge in [0.15, 0.2) is 5.96 Å². The first kappa shape index (κ1) is 22.4. The van der Waals surface area contributed by atoms with Crippen molar-refractivity contribution < 1.29 is 4.39 Å². The number of hydrogen-bond donors (Lipinski definition) is 2. The predicted molar refractivity (Wildman–Crippen MR) is 114 cm³/mol. The number of hydrogen-bond acceptors (Lipinski definition) is 3. The van der Waals surface area contributed by atoms with Gasteiger partial charge >= 0.3 is 0 Å². The molecule has 0 aliphatic heterocycles. The molecule has 2 N–H and O–H groups in total. The maximum atomic E-state index is 13.5. The summed E-state index contributed by atoms with van der Waals surface area (Å²) in [6.07, 6.45) is 4.68. The van der Waals surface area contributed by atoms with E-state index in [0.717, 1.165) is 31.0 Å². The molecule has 0 radical (unpaired) electrons. The van der Waals surface area contributed by atoms with Crippen LogP contribution in [0, 0.1) is 5.82 Å². The summed E-state index contributed by atoms with van der Waals surface area (Å²) < 4.78 is 15.4. The van der Waals surface area contributed by atoms with Crippen LogP contribution < -0.4 is 10.6 Å². The van der Waals surface area contributed by atoms with Crippen molar-refractivity contribution in [3.05, 3.63) is 54.1 Å². The van der Waals surface area contributed by atoms with Crippen LogP contribution in [0.5, 0.6) is 0 Å². The number of benzene rings is 1. The van der Waals surface area contributed by atoms with Crippen LogP contribution in [-0.4, -0.2) is 54.9 Å². The highest BCUT2D eigenvalue weighted by molar-refractivity contribution is 14.0. The molecule has 1 heterocycles. The molecule has 1 aromatic heterocycles. The Bertz CT molecular complexity index is 659. The molecule has 0 saturated heterocycles. The van der Waals surface area contributed by atoms with Gasteiger partial charge in [0.2, 0.25) is 0 Å². The highest BCUT2D eigenvalue weighted by atomic mass is 127. The smallest absolute Gasteiger partial charge is 0.191 e. The Morgan fingerprint density at radius 2 is 2.12 bits per heavy atom. The number of nitrogens with one attached hydrogen (secondary N) is 2. The van der Waals surface area contributed by atoms with Crippen LogP contribution in [0.15, 0.2) is 47.7 Å². The number of rotatable bonds is 8. The third-order valence-electron chi connectivity index (χ3n) is 3.96. The molecule has 0 spiro atoms. The van der Waals surface area contributed by atoms with Gasteiger partial charge in [-0.25, -0.2) is 4.39 Å². The number of halogens is 2. The third kappa shape index (κ3) is 7.28. The van der Waals surface area contributed by atoms with Gasteiger partial charge < -0.3 is 15.5 Å². The van der Waals surface area contributed by atoms with E-state index < -0.39 is 0 Å². The number of nitrogens with zero attached hydrogens (tertiary/aromatic N) is 4. The fraction of sp³-hybridized carbons (Fsp3) is 0.444. The summed E-state index contributed by atoms with van der Waals surface area (Å²) >= 11 is 0. The Hall–Kier alpha value is -1.68. The lowest BCUT2D eigenvalue weighted by Gasteiger charge is -2.26. The van der Waals surface area contributed by atoms with Gasteiger partial charge in [0.1, 0.15) is 5.82 Å². The minimum absolute atomic E-state index is 0. The van der Waals surface area contributed by atoms with E-state index in [9.17, 15) is 4.39 Å². The van der Waals surface area contributed by atoms with Crippen molar-refractivity contribution in [1.82, 2.24) is 25.3 Å². The highest BCUT2D eigenvalue weighted by Crippen LogP contribution is 2.18. The Morgan fingerprint density at radius 3 is 2.73 bits per heavy atom. The molecule has 0 aliphatic carbocycles. The Balaban J connectivity index is 0.00000338. The molecule has 26 heavy (non-hydrogen) atoms. The minimum atomic E-state index is -0.217. The maximum absolute atomic E-state index is 13.5. The van der Waals surface area contributed by atoms with Crippen molar-refractivity contribution in [2.24, 2.45) is 4.99 Å². The van der Waals surface area contributed by atoms with Gasteiger partial charge in [-0.15, -0.1) is 24.0 Å². The topological polar surface area (TPSA) is 57.5 Å². The van der Waals surface area contributed by atoms with Gasteiger partial charge in [0.25, 0.3) is 0 Å². The quantitative estimate of drug-likeness (QED) is 0.267. The zero-order chi connectivity index (χ0) is 18.1. The second kappa shape index (κ2) is 11.8. The first-order valence-electron chi connectivity index (χ1n) is 8.44. The van der Waals surface area contributed by atoms with Gasteiger partial charge in [-0.1, -0.05) is 12.1 Å². The van der Waals surface area contributed by atoms with Crippen LogP contribution in [0.2, 0.25) is 0 Å². The molecule has 0 bridgehead atoms. The van der Waals surface area contributed by atoms with E-state index in [0.29, 0.717) is 6.54 Å². The number of aliphatic imine (C=N–C) groups is 1. The SMILES string of the molecule is CN=C(NCCCn1cccn1)NCC(c1cccc(F)c1)N(C)C.I.